The van der Waals surface area contributed by atoms with E-state index in [0.29, 0.717) is 29.8 Å². The first-order chi connectivity index (χ1) is 18.1. The van der Waals surface area contributed by atoms with Crippen molar-refractivity contribution in [2.45, 2.75) is 37.6 Å². The number of Topliss-reactive ketones (excluding diaryl/α,β-unsaturated/α-hetero) is 1. The highest BCUT2D eigenvalue weighted by Gasteiger charge is 2.43. The van der Waals surface area contributed by atoms with Crippen LogP contribution in [0.5, 0.6) is 5.75 Å². The van der Waals surface area contributed by atoms with E-state index in [1.807, 2.05) is 36.4 Å². The molecule has 188 valence electrons. The summed E-state index contributed by atoms with van der Waals surface area (Å²) in [4.78, 5) is 25.9. The lowest BCUT2D eigenvalue weighted by Gasteiger charge is -2.37. The van der Waals surface area contributed by atoms with Crippen LogP contribution in [0.15, 0.2) is 77.9 Å². The number of ketones is 1. The van der Waals surface area contributed by atoms with Gasteiger partial charge >= 0.3 is 0 Å². The lowest BCUT2D eigenvalue weighted by atomic mass is 9.95. The van der Waals surface area contributed by atoms with Gasteiger partial charge in [-0.25, -0.2) is 9.40 Å². The number of rotatable bonds is 6. The summed E-state index contributed by atoms with van der Waals surface area (Å²) in [6, 6.07) is 20.2. The summed E-state index contributed by atoms with van der Waals surface area (Å²) in [7, 11) is 0. The van der Waals surface area contributed by atoms with Crippen molar-refractivity contribution in [1.29, 1.82) is 0 Å². The molecular formula is C29H26FN3O4. The van der Waals surface area contributed by atoms with Gasteiger partial charge in [-0.3, -0.25) is 9.59 Å². The lowest BCUT2D eigenvalue weighted by Crippen LogP contribution is -2.45. The van der Waals surface area contributed by atoms with Crippen LogP contribution in [-0.4, -0.2) is 47.9 Å². The minimum absolute atomic E-state index is 0.0872. The third kappa shape index (κ3) is 4.60. The lowest BCUT2D eigenvalue weighted by molar-refractivity contribution is -0.00456. The van der Waals surface area contributed by atoms with Gasteiger partial charge < -0.3 is 14.8 Å². The van der Waals surface area contributed by atoms with Gasteiger partial charge in [0.25, 0.3) is 12.1 Å². The van der Waals surface area contributed by atoms with Crippen molar-refractivity contribution in [3.63, 3.8) is 0 Å². The Labute approximate surface area is 213 Å². The smallest absolute Gasteiger partial charge is 0.251 e. The normalized spacial score (nSPS) is 22.0. The summed E-state index contributed by atoms with van der Waals surface area (Å²) in [5.41, 5.74) is 3.54. The van der Waals surface area contributed by atoms with Crippen molar-refractivity contribution >= 4 is 17.4 Å². The quantitative estimate of drug-likeness (QED) is 0.506. The standard InChI is InChI=1S/C29H26FN3O4/c30-21-13-11-19(12-14-21)27(34)29-33-25(23-5-1-2-6-26(23)37-29)16-24(32-33)18-7-9-20(10-8-18)28(35)31-17-22-4-3-15-36-22/h1-2,5-14,22,25,29H,3-4,15-17H2,(H,31,35). The van der Waals surface area contributed by atoms with Gasteiger partial charge in [-0.2, -0.15) is 5.10 Å². The van der Waals surface area contributed by atoms with Crippen LogP contribution in [0.25, 0.3) is 0 Å². The molecule has 3 heterocycles. The molecule has 8 heteroatoms. The van der Waals surface area contributed by atoms with Gasteiger partial charge in [-0.05, 0) is 60.9 Å². The van der Waals surface area contributed by atoms with Crippen LogP contribution in [-0.2, 0) is 4.74 Å². The number of para-hydroxylation sites is 1. The van der Waals surface area contributed by atoms with Gasteiger partial charge in [0.05, 0.1) is 17.9 Å². The maximum Gasteiger partial charge on any atom is 0.251 e. The summed E-state index contributed by atoms with van der Waals surface area (Å²) >= 11 is 0. The van der Waals surface area contributed by atoms with E-state index in [2.05, 4.69) is 5.32 Å². The molecule has 3 aromatic carbocycles. The fourth-order valence-corrected chi connectivity index (χ4v) is 5.07. The molecule has 0 bridgehead atoms. The number of carbonyl (C=O) groups excluding carboxylic acids is 2. The first kappa shape index (κ1) is 23.4. The van der Waals surface area contributed by atoms with Crippen LogP contribution >= 0.6 is 0 Å². The van der Waals surface area contributed by atoms with E-state index in [0.717, 1.165) is 36.3 Å². The predicted molar refractivity (Wildman–Crippen MR) is 135 cm³/mol. The van der Waals surface area contributed by atoms with E-state index in [9.17, 15) is 14.0 Å². The number of hydrogen-bond acceptors (Lipinski definition) is 6. The monoisotopic (exact) mass is 499 g/mol. The van der Waals surface area contributed by atoms with Crippen molar-refractivity contribution in [1.82, 2.24) is 10.3 Å². The SMILES string of the molecule is O=C(NCC1CCCO1)c1ccc(C2=NN3C(C(=O)c4ccc(F)cc4)Oc4ccccc4C3C2)cc1. The summed E-state index contributed by atoms with van der Waals surface area (Å²) in [5, 5.41) is 9.44. The molecule has 6 rings (SSSR count). The number of fused-ring (bicyclic) bond motifs is 3. The Bertz CT molecular complexity index is 1350. The zero-order chi connectivity index (χ0) is 25.4. The fourth-order valence-electron chi connectivity index (χ4n) is 5.07. The molecule has 0 aromatic heterocycles. The van der Waals surface area contributed by atoms with Crippen molar-refractivity contribution in [2.75, 3.05) is 13.2 Å². The molecular weight excluding hydrogens is 473 g/mol. The molecule has 37 heavy (non-hydrogen) atoms. The van der Waals surface area contributed by atoms with Gasteiger partial charge in [0, 0.05) is 36.3 Å². The van der Waals surface area contributed by atoms with E-state index < -0.39 is 12.0 Å². The Balaban J connectivity index is 1.23. The molecule has 3 atom stereocenters. The first-order valence-corrected chi connectivity index (χ1v) is 12.5. The van der Waals surface area contributed by atoms with Crippen LogP contribution in [0.4, 0.5) is 4.39 Å². The minimum Gasteiger partial charge on any atom is -0.461 e. The first-order valence-electron chi connectivity index (χ1n) is 12.5. The van der Waals surface area contributed by atoms with Gasteiger partial charge in [-0.1, -0.05) is 30.3 Å². The molecule has 7 nitrogen and oxygen atoms in total. The molecule has 0 radical (unpaired) electrons. The Morgan fingerprint density at radius 1 is 1.00 bits per heavy atom. The summed E-state index contributed by atoms with van der Waals surface area (Å²) in [5.74, 6) is -0.198. The summed E-state index contributed by atoms with van der Waals surface area (Å²) in [6.07, 6.45) is 1.70. The average Bonchev–Trinajstić information content (AvgIpc) is 3.62. The second-order valence-electron chi connectivity index (χ2n) is 9.45. The molecule has 0 saturated carbocycles. The third-order valence-corrected chi connectivity index (χ3v) is 7.05. The average molecular weight is 500 g/mol. The number of nitrogens with one attached hydrogen (secondary N) is 1. The van der Waals surface area contributed by atoms with Crippen LogP contribution < -0.4 is 10.1 Å². The highest BCUT2D eigenvalue weighted by atomic mass is 19.1. The molecule has 1 N–H and O–H groups in total. The second-order valence-corrected chi connectivity index (χ2v) is 9.45. The van der Waals surface area contributed by atoms with Crippen molar-refractivity contribution in [3.05, 3.63) is 101 Å². The van der Waals surface area contributed by atoms with Crippen molar-refractivity contribution in [3.8, 4) is 5.75 Å². The largest absolute Gasteiger partial charge is 0.461 e. The van der Waals surface area contributed by atoms with Crippen LogP contribution in [0.1, 0.15) is 57.1 Å². The van der Waals surface area contributed by atoms with Crippen molar-refractivity contribution in [2.24, 2.45) is 5.10 Å². The van der Waals surface area contributed by atoms with Crippen LogP contribution in [0, 0.1) is 5.82 Å². The van der Waals surface area contributed by atoms with Gasteiger partial charge in [0.15, 0.2) is 0 Å². The molecule has 3 unspecified atom stereocenters. The molecule has 0 spiro atoms. The number of halogens is 1. The van der Waals surface area contributed by atoms with Crippen LogP contribution in [0.3, 0.4) is 0 Å². The Hall–Kier alpha value is -4.04. The van der Waals surface area contributed by atoms with Gasteiger partial charge in [-0.15, -0.1) is 0 Å². The van der Waals surface area contributed by atoms with E-state index in [-0.39, 0.29) is 23.8 Å². The number of ether oxygens (including phenoxy) is 2. The zero-order valence-corrected chi connectivity index (χ0v) is 20.1. The predicted octanol–water partition coefficient (Wildman–Crippen LogP) is 4.49. The zero-order valence-electron chi connectivity index (χ0n) is 20.1. The molecule has 3 aliphatic heterocycles. The number of carbonyl (C=O) groups is 2. The number of nitrogens with zero attached hydrogens (tertiary/aromatic N) is 2. The maximum absolute atomic E-state index is 13.4. The van der Waals surface area contributed by atoms with Gasteiger partial charge in [0.2, 0.25) is 5.78 Å². The minimum atomic E-state index is -0.967. The van der Waals surface area contributed by atoms with E-state index in [1.165, 1.54) is 24.3 Å². The Kier molecular flexibility index (Phi) is 6.18. The summed E-state index contributed by atoms with van der Waals surface area (Å²) < 4.78 is 25.1. The third-order valence-electron chi connectivity index (χ3n) is 7.05. The maximum atomic E-state index is 13.4. The number of amides is 1. The molecule has 3 aromatic rings. The second kappa shape index (κ2) is 9.78. The highest BCUT2D eigenvalue weighted by Crippen LogP contribution is 2.43. The number of hydrazone groups is 1. The molecule has 1 amide bonds. The number of hydrogen-bond donors (Lipinski definition) is 1. The van der Waals surface area contributed by atoms with E-state index >= 15 is 0 Å². The molecule has 3 aliphatic rings. The molecule has 0 aliphatic carbocycles. The molecule has 1 fully saturated rings. The van der Waals surface area contributed by atoms with E-state index in [1.54, 1.807) is 17.1 Å². The number of benzene rings is 3. The van der Waals surface area contributed by atoms with Crippen molar-refractivity contribution < 1.29 is 23.5 Å². The fraction of sp³-hybridized carbons (Fsp3) is 0.276. The van der Waals surface area contributed by atoms with Crippen LogP contribution in [0.2, 0.25) is 0 Å². The van der Waals surface area contributed by atoms with E-state index in [4.69, 9.17) is 14.6 Å². The topological polar surface area (TPSA) is 80.2 Å². The Morgan fingerprint density at radius 3 is 2.51 bits per heavy atom. The summed E-state index contributed by atoms with van der Waals surface area (Å²) in [6.45, 7) is 1.26. The Morgan fingerprint density at radius 2 is 1.76 bits per heavy atom. The molecule has 1 saturated heterocycles. The van der Waals surface area contributed by atoms with Gasteiger partial charge in [0.1, 0.15) is 11.6 Å². The highest BCUT2D eigenvalue weighted by molar-refractivity contribution is 6.04.